The van der Waals surface area contributed by atoms with Crippen LogP contribution in [0.4, 0.5) is 10.1 Å². The summed E-state index contributed by atoms with van der Waals surface area (Å²) in [5.41, 5.74) is 2.86. The zero-order valence-electron chi connectivity index (χ0n) is 14.1. The lowest BCUT2D eigenvalue weighted by molar-refractivity contribution is 0.102. The van der Waals surface area contributed by atoms with E-state index in [0.717, 1.165) is 5.56 Å². The average Bonchev–Trinajstić information content (AvgIpc) is 3.19. The van der Waals surface area contributed by atoms with Crippen molar-refractivity contribution in [3.8, 4) is 21.8 Å². The van der Waals surface area contributed by atoms with Crippen molar-refractivity contribution in [1.29, 1.82) is 0 Å². The summed E-state index contributed by atoms with van der Waals surface area (Å²) < 4.78 is 14.0. The second kappa shape index (κ2) is 7.47. The van der Waals surface area contributed by atoms with Crippen LogP contribution in [0, 0.1) is 5.82 Å². The molecule has 1 N–H and O–H groups in total. The highest BCUT2D eigenvalue weighted by molar-refractivity contribution is 7.13. The molecule has 0 saturated carbocycles. The number of pyridine rings is 1. The van der Waals surface area contributed by atoms with Gasteiger partial charge in [-0.2, -0.15) is 0 Å². The largest absolute Gasteiger partial charge is 0.320 e. The van der Waals surface area contributed by atoms with Crippen molar-refractivity contribution >= 4 is 22.9 Å². The molecule has 1 amide bonds. The smallest absolute Gasteiger partial charge is 0.274 e. The summed E-state index contributed by atoms with van der Waals surface area (Å²) in [5.74, 6) is -0.609. The highest BCUT2D eigenvalue weighted by Gasteiger charge is 2.14. The van der Waals surface area contributed by atoms with Crippen molar-refractivity contribution in [3.63, 3.8) is 0 Å². The van der Waals surface area contributed by atoms with E-state index in [2.05, 4.69) is 15.3 Å². The Morgan fingerprint density at radius 1 is 0.926 bits per heavy atom. The molecule has 4 aromatic rings. The number of hydrogen-bond acceptors (Lipinski definition) is 4. The summed E-state index contributed by atoms with van der Waals surface area (Å²) in [4.78, 5) is 21.1. The van der Waals surface area contributed by atoms with Crippen LogP contribution in [0.5, 0.6) is 0 Å². The first kappa shape index (κ1) is 17.1. The minimum absolute atomic E-state index is 0.299. The van der Waals surface area contributed by atoms with E-state index in [1.165, 1.54) is 17.4 Å². The Bertz CT molecular complexity index is 1100. The molecule has 0 saturated heterocycles. The van der Waals surface area contributed by atoms with Crippen molar-refractivity contribution in [2.45, 2.75) is 0 Å². The van der Waals surface area contributed by atoms with E-state index in [0.29, 0.717) is 27.6 Å². The van der Waals surface area contributed by atoms with E-state index in [4.69, 9.17) is 0 Å². The first-order valence-electron chi connectivity index (χ1n) is 8.24. The molecule has 0 bridgehead atoms. The minimum atomic E-state index is -0.310. The molecule has 0 radical (unpaired) electrons. The Morgan fingerprint density at radius 2 is 1.67 bits per heavy atom. The molecule has 4 nitrogen and oxygen atoms in total. The van der Waals surface area contributed by atoms with Crippen LogP contribution in [0.1, 0.15) is 10.5 Å². The summed E-state index contributed by atoms with van der Waals surface area (Å²) in [7, 11) is 0. The molecule has 27 heavy (non-hydrogen) atoms. The number of halogens is 1. The van der Waals surface area contributed by atoms with Crippen molar-refractivity contribution in [2.24, 2.45) is 0 Å². The number of nitrogens with one attached hydrogen (secondary N) is 1. The molecule has 0 atom stereocenters. The molecule has 0 unspecified atom stereocenters. The molecule has 0 spiro atoms. The van der Waals surface area contributed by atoms with Crippen LogP contribution >= 0.6 is 11.3 Å². The molecule has 132 valence electrons. The predicted octanol–water partition coefficient (Wildman–Crippen LogP) is 5.26. The number of carbonyl (C=O) groups is 1. The van der Waals surface area contributed by atoms with Crippen LogP contribution in [0.15, 0.2) is 78.3 Å². The maximum Gasteiger partial charge on any atom is 0.274 e. The van der Waals surface area contributed by atoms with Crippen LogP contribution in [0.25, 0.3) is 21.8 Å². The van der Waals surface area contributed by atoms with E-state index < -0.39 is 0 Å². The SMILES string of the molecule is O=C(Nc1ccccc1-c1csc(-c2ccccc2F)n1)c1ccccn1. The van der Waals surface area contributed by atoms with Gasteiger partial charge in [-0.25, -0.2) is 9.37 Å². The normalized spacial score (nSPS) is 10.6. The Balaban J connectivity index is 1.66. The molecular formula is C21H14FN3OS. The van der Waals surface area contributed by atoms with Gasteiger partial charge in [-0.1, -0.05) is 36.4 Å². The average molecular weight is 375 g/mol. The Kier molecular flexibility index (Phi) is 4.72. The number of aromatic nitrogens is 2. The van der Waals surface area contributed by atoms with Crippen LogP contribution in [-0.4, -0.2) is 15.9 Å². The highest BCUT2D eigenvalue weighted by Crippen LogP contribution is 2.33. The van der Waals surface area contributed by atoms with Gasteiger partial charge >= 0.3 is 0 Å². The summed E-state index contributed by atoms with van der Waals surface area (Å²) in [6.07, 6.45) is 1.57. The third-order valence-corrected chi connectivity index (χ3v) is 4.83. The number of amides is 1. The van der Waals surface area contributed by atoms with E-state index in [-0.39, 0.29) is 11.7 Å². The summed E-state index contributed by atoms with van der Waals surface area (Å²) in [6, 6.07) is 19.1. The van der Waals surface area contributed by atoms with Crippen LogP contribution in [0.3, 0.4) is 0 Å². The van der Waals surface area contributed by atoms with Crippen LogP contribution < -0.4 is 5.32 Å². The molecular weight excluding hydrogens is 361 g/mol. The van der Waals surface area contributed by atoms with Gasteiger partial charge in [-0.15, -0.1) is 11.3 Å². The van der Waals surface area contributed by atoms with Gasteiger partial charge in [0.05, 0.1) is 11.4 Å². The fourth-order valence-corrected chi connectivity index (χ4v) is 3.50. The molecule has 0 fully saturated rings. The molecule has 2 heterocycles. The fourth-order valence-electron chi connectivity index (χ4n) is 2.65. The molecule has 6 heteroatoms. The maximum atomic E-state index is 14.0. The number of para-hydroxylation sites is 1. The lowest BCUT2D eigenvalue weighted by Crippen LogP contribution is -2.14. The molecule has 0 aliphatic rings. The first-order valence-corrected chi connectivity index (χ1v) is 9.12. The van der Waals surface area contributed by atoms with E-state index in [1.807, 2.05) is 23.6 Å². The first-order chi connectivity index (χ1) is 13.2. The van der Waals surface area contributed by atoms with Gasteiger partial charge in [0, 0.05) is 22.7 Å². The second-order valence-corrected chi connectivity index (χ2v) is 6.59. The lowest BCUT2D eigenvalue weighted by atomic mass is 10.1. The summed E-state index contributed by atoms with van der Waals surface area (Å²) in [6.45, 7) is 0. The van der Waals surface area contributed by atoms with Gasteiger partial charge in [-0.3, -0.25) is 9.78 Å². The van der Waals surface area contributed by atoms with Gasteiger partial charge in [0.25, 0.3) is 5.91 Å². The number of hydrogen-bond donors (Lipinski definition) is 1. The Morgan fingerprint density at radius 3 is 2.44 bits per heavy atom. The molecule has 2 aromatic heterocycles. The highest BCUT2D eigenvalue weighted by atomic mass is 32.1. The van der Waals surface area contributed by atoms with Gasteiger partial charge in [0.2, 0.25) is 0 Å². The second-order valence-electron chi connectivity index (χ2n) is 5.73. The van der Waals surface area contributed by atoms with Gasteiger partial charge in [0.15, 0.2) is 0 Å². The molecule has 4 rings (SSSR count). The number of carbonyl (C=O) groups excluding carboxylic acids is 1. The van der Waals surface area contributed by atoms with Crippen molar-refractivity contribution in [2.75, 3.05) is 5.32 Å². The van der Waals surface area contributed by atoms with Gasteiger partial charge in [0.1, 0.15) is 16.5 Å². The van der Waals surface area contributed by atoms with Crippen molar-refractivity contribution < 1.29 is 9.18 Å². The molecule has 2 aromatic carbocycles. The van der Waals surface area contributed by atoms with E-state index in [9.17, 15) is 9.18 Å². The van der Waals surface area contributed by atoms with E-state index in [1.54, 1.807) is 48.7 Å². The van der Waals surface area contributed by atoms with E-state index >= 15 is 0 Å². The number of rotatable bonds is 4. The Hall–Kier alpha value is -3.38. The zero-order chi connectivity index (χ0) is 18.6. The maximum absolute atomic E-state index is 14.0. The number of nitrogens with zero attached hydrogens (tertiary/aromatic N) is 2. The van der Waals surface area contributed by atoms with Gasteiger partial charge in [-0.05, 0) is 30.3 Å². The predicted molar refractivity (Wildman–Crippen MR) is 105 cm³/mol. The summed E-state index contributed by atoms with van der Waals surface area (Å²) >= 11 is 1.36. The number of anilines is 1. The van der Waals surface area contributed by atoms with Crippen molar-refractivity contribution in [1.82, 2.24) is 9.97 Å². The van der Waals surface area contributed by atoms with Crippen molar-refractivity contribution in [3.05, 3.63) is 89.8 Å². The fraction of sp³-hybridized carbons (Fsp3) is 0. The van der Waals surface area contributed by atoms with Gasteiger partial charge < -0.3 is 5.32 Å². The molecule has 0 aliphatic heterocycles. The monoisotopic (exact) mass is 375 g/mol. The third kappa shape index (κ3) is 3.61. The number of thiazole rings is 1. The topological polar surface area (TPSA) is 54.9 Å². The van der Waals surface area contributed by atoms with Crippen LogP contribution in [-0.2, 0) is 0 Å². The third-order valence-electron chi connectivity index (χ3n) is 3.96. The summed E-state index contributed by atoms with van der Waals surface area (Å²) in [5, 5.41) is 5.32. The lowest BCUT2D eigenvalue weighted by Gasteiger charge is -2.09. The molecule has 0 aliphatic carbocycles. The van der Waals surface area contributed by atoms with Crippen LogP contribution in [0.2, 0.25) is 0 Å². The zero-order valence-corrected chi connectivity index (χ0v) is 14.9. The Labute approximate surface area is 159 Å². The standard InChI is InChI=1S/C21H14FN3OS/c22-16-9-3-1-7-14(16)21-25-19(13-27-21)15-8-2-4-10-17(15)24-20(26)18-11-5-6-12-23-18/h1-13H,(H,24,26). The quantitative estimate of drug-likeness (QED) is 0.529. The minimum Gasteiger partial charge on any atom is -0.320 e. The number of benzene rings is 2.